The molecule has 0 aromatic rings. The second-order valence-electron chi connectivity index (χ2n) is 2.51. The van der Waals surface area contributed by atoms with E-state index in [0.29, 0.717) is 0 Å². The zero-order valence-corrected chi connectivity index (χ0v) is 5.63. The van der Waals surface area contributed by atoms with Gasteiger partial charge < -0.3 is 14.9 Å². The minimum absolute atomic E-state index is 0.720. The lowest BCUT2D eigenvalue weighted by Gasteiger charge is -2.26. The lowest BCUT2D eigenvalue weighted by Crippen LogP contribution is -2.60. The van der Waals surface area contributed by atoms with Crippen molar-refractivity contribution >= 4 is 0 Å². The van der Waals surface area contributed by atoms with E-state index in [4.69, 9.17) is 15.9 Å². The van der Waals surface area contributed by atoms with Gasteiger partial charge in [0.25, 0.3) is 0 Å². The standard InChI is InChI=1S/C5H9F2NO3/c6-4(7)2-11-3(1-9)5(4,8)10/h3,9-10H,1-2,8H2/t3-,5-/m1/s1. The predicted molar refractivity (Wildman–Crippen MR) is 30.9 cm³/mol. The van der Waals surface area contributed by atoms with Gasteiger partial charge in [0.1, 0.15) is 12.7 Å². The van der Waals surface area contributed by atoms with Gasteiger partial charge in [-0.15, -0.1) is 0 Å². The Morgan fingerprint density at radius 2 is 2.18 bits per heavy atom. The van der Waals surface area contributed by atoms with Gasteiger partial charge in [-0.2, -0.15) is 8.78 Å². The number of aliphatic hydroxyl groups is 2. The summed E-state index contributed by atoms with van der Waals surface area (Å²) in [6.07, 6.45) is -1.41. The quantitative estimate of drug-likeness (QED) is 0.425. The maximum atomic E-state index is 12.5. The summed E-state index contributed by atoms with van der Waals surface area (Å²) in [6, 6.07) is 0. The van der Waals surface area contributed by atoms with Crippen LogP contribution in [0.5, 0.6) is 0 Å². The van der Waals surface area contributed by atoms with Crippen molar-refractivity contribution in [1.82, 2.24) is 0 Å². The number of alkyl halides is 2. The summed E-state index contributed by atoms with van der Waals surface area (Å²) in [5.41, 5.74) is 2.08. The van der Waals surface area contributed by atoms with Crippen molar-refractivity contribution in [3.63, 3.8) is 0 Å². The normalized spacial score (nSPS) is 42.8. The number of nitrogens with two attached hydrogens (primary N) is 1. The summed E-state index contributed by atoms with van der Waals surface area (Å²) in [6.45, 7) is -1.67. The van der Waals surface area contributed by atoms with E-state index in [1.54, 1.807) is 0 Å². The molecule has 2 atom stereocenters. The summed E-state index contributed by atoms with van der Waals surface area (Å²) >= 11 is 0. The van der Waals surface area contributed by atoms with E-state index >= 15 is 0 Å². The van der Waals surface area contributed by atoms with Crippen LogP contribution in [0.4, 0.5) is 8.78 Å². The highest BCUT2D eigenvalue weighted by atomic mass is 19.3. The minimum Gasteiger partial charge on any atom is -0.393 e. The molecule has 0 bridgehead atoms. The van der Waals surface area contributed by atoms with Crippen LogP contribution in [0.2, 0.25) is 0 Å². The molecular formula is C5H9F2NO3. The van der Waals surface area contributed by atoms with Gasteiger partial charge in [0.15, 0.2) is 0 Å². The lowest BCUT2D eigenvalue weighted by molar-refractivity contribution is -0.160. The van der Waals surface area contributed by atoms with Gasteiger partial charge in [-0.3, -0.25) is 5.73 Å². The van der Waals surface area contributed by atoms with Crippen LogP contribution in [-0.2, 0) is 4.74 Å². The second-order valence-corrected chi connectivity index (χ2v) is 2.51. The van der Waals surface area contributed by atoms with Crippen LogP contribution < -0.4 is 5.73 Å². The van der Waals surface area contributed by atoms with Crippen LogP contribution in [0, 0.1) is 0 Å². The van der Waals surface area contributed by atoms with Gasteiger partial charge in [-0.05, 0) is 0 Å². The molecule has 0 aromatic heterocycles. The highest BCUT2D eigenvalue weighted by molar-refractivity contribution is 4.99. The number of halogens is 2. The Morgan fingerprint density at radius 3 is 2.36 bits per heavy atom. The number of rotatable bonds is 1. The van der Waals surface area contributed by atoms with E-state index in [2.05, 4.69) is 4.74 Å². The first-order chi connectivity index (χ1) is 4.92. The Hall–Kier alpha value is -0.300. The smallest absolute Gasteiger partial charge is 0.314 e. The molecule has 1 aliphatic rings. The Balaban J connectivity index is 2.81. The van der Waals surface area contributed by atoms with Crippen LogP contribution in [0.1, 0.15) is 0 Å². The molecule has 0 amide bonds. The average Bonchev–Trinajstić information content (AvgIpc) is 2.05. The van der Waals surface area contributed by atoms with Gasteiger partial charge in [0, 0.05) is 0 Å². The first-order valence-corrected chi connectivity index (χ1v) is 3.03. The topological polar surface area (TPSA) is 75.7 Å². The second kappa shape index (κ2) is 2.34. The van der Waals surface area contributed by atoms with Gasteiger partial charge in [-0.25, -0.2) is 0 Å². The molecule has 0 saturated carbocycles. The average molecular weight is 169 g/mol. The largest absolute Gasteiger partial charge is 0.393 e. The maximum Gasteiger partial charge on any atom is 0.314 e. The van der Waals surface area contributed by atoms with Crippen molar-refractivity contribution in [2.45, 2.75) is 17.8 Å². The van der Waals surface area contributed by atoms with Gasteiger partial charge in [0.05, 0.1) is 6.61 Å². The summed E-state index contributed by atoms with van der Waals surface area (Å²) in [4.78, 5) is 0. The number of hydrogen-bond acceptors (Lipinski definition) is 4. The molecule has 0 radical (unpaired) electrons. The van der Waals surface area contributed by atoms with Crippen molar-refractivity contribution in [1.29, 1.82) is 0 Å². The summed E-state index contributed by atoms with van der Waals surface area (Å²) in [5.74, 6) is -3.49. The van der Waals surface area contributed by atoms with E-state index < -0.39 is 31.0 Å². The van der Waals surface area contributed by atoms with Crippen LogP contribution in [0.15, 0.2) is 0 Å². The lowest BCUT2D eigenvalue weighted by atomic mass is 10.0. The molecule has 1 aliphatic heterocycles. The van der Waals surface area contributed by atoms with E-state index in [1.165, 1.54) is 0 Å². The molecule has 1 fully saturated rings. The fourth-order valence-corrected chi connectivity index (χ4v) is 0.875. The Labute approximate surface area is 61.6 Å². The number of hydrogen-bond donors (Lipinski definition) is 3. The third-order valence-corrected chi connectivity index (χ3v) is 1.71. The SMILES string of the molecule is N[C@@]1(O)[C@@H](CO)OCC1(F)F. The number of aliphatic hydroxyl groups excluding tert-OH is 1. The summed E-state index contributed by atoms with van der Waals surface area (Å²) in [5, 5.41) is 17.4. The van der Waals surface area contributed by atoms with Gasteiger partial charge in [0.2, 0.25) is 5.72 Å². The molecule has 0 spiro atoms. The van der Waals surface area contributed by atoms with Crippen molar-refractivity contribution in [3.8, 4) is 0 Å². The monoisotopic (exact) mass is 169 g/mol. The fourth-order valence-electron chi connectivity index (χ4n) is 0.875. The molecular weight excluding hydrogens is 160 g/mol. The van der Waals surface area contributed by atoms with Crippen LogP contribution >= 0.6 is 0 Å². The zero-order valence-electron chi connectivity index (χ0n) is 5.63. The van der Waals surface area contributed by atoms with Crippen LogP contribution in [-0.4, -0.2) is 41.2 Å². The van der Waals surface area contributed by atoms with Crippen molar-refractivity contribution < 1.29 is 23.7 Å². The van der Waals surface area contributed by atoms with Crippen LogP contribution in [0.25, 0.3) is 0 Å². The third-order valence-electron chi connectivity index (χ3n) is 1.71. The van der Waals surface area contributed by atoms with Crippen molar-refractivity contribution in [2.75, 3.05) is 13.2 Å². The predicted octanol–water partition coefficient (Wildman–Crippen LogP) is -1.34. The van der Waals surface area contributed by atoms with Gasteiger partial charge in [-0.1, -0.05) is 0 Å². The summed E-state index contributed by atoms with van der Waals surface area (Å²) < 4.78 is 29.5. The molecule has 1 heterocycles. The van der Waals surface area contributed by atoms with E-state index in [1.807, 2.05) is 0 Å². The highest BCUT2D eigenvalue weighted by Gasteiger charge is 2.61. The van der Waals surface area contributed by atoms with Crippen LogP contribution in [0.3, 0.4) is 0 Å². The molecule has 1 rings (SSSR count). The fraction of sp³-hybridized carbons (Fsp3) is 1.00. The first kappa shape index (κ1) is 8.79. The molecule has 0 unspecified atom stereocenters. The number of ether oxygens (including phenoxy) is 1. The van der Waals surface area contributed by atoms with E-state index in [-0.39, 0.29) is 0 Å². The van der Waals surface area contributed by atoms with E-state index in [9.17, 15) is 8.78 Å². The zero-order chi connectivity index (χ0) is 8.70. The Morgan fingerprint density at radius 1 is 1.64 bits per heavy atom. The molecule has 0 aromatic carbocycles. The first-order valence-electron chi connectivity index (χ1n) is 3.03. The molecule has 0 aliphatic carbocycles. The minimum atomic E-state index is -3.49. The van der Waals surface area contributed by atoms with Gasteiger partial charge >= 0.3 is 5.92 Å². The molecule has 66 valence electrons. The Bertz CT molecular complexity index is 162. The third kappa shape index (κ3) is 1.12. The molecule has 4 nitrogen and oxygen atoms in total. The molecule has 4 N–H and O–H groups in total. The summed E-state index contributed by atoms with van der Waals surface area (Å²) in [7, 11) is 0. The maximum absolute atomic E-state index is 12.5. The Kier molecular flexibility index (Phi) is 1.87. The molecule has 1 saturated heterocycles. The molecule has 6 heteroatoms. The van der Waals surface area contributed by atoms with E-state index in [0.717, 1.165) is 0 Å². The van der Waals surface area contributed by atoms with Crippen molar-refractivity contribution in [2.24, 2.45) is 5.73 Å². The molecule has 11 heavy (non-hydrogen) atoms. The van der Waals surface area contributed by atoms with Crippen molar-refractivity contribution in [3.05, 3.63) is 0 Å². The highest BCUT2D eigenvalue weighted by Crippen LogP contribution is 2.35.